The number of hydrogen-bond acceptors (Lipinski definition) is 3. The molecule has 0 radical (unpaired) electrons. The van der Waals surface area contributed by atoms with E-state index in [2.05, 4.69) is 5.32 Å². The van der Waals surface area contributed by atoms with Crippen LogP contribution in [0.1, 0.15) is 44.4 Å². The summed E-state index contributed by atoms with van der Waals surface area (Å²) in [5.41, 5.74) is 8.18. The van der Waals surface area contributed by atoms with Gasteiger partial charge in [-0.25, -0.2) is 4.79 Å². The Hall–Kier alpha value is -2.33. The maximum atomic E-state index is 12.1. The third-order valence-corrected chi connectivity index (χ3v) is 3.98. The number of amides is 1. The van der Waals surface area contributed by atoms with Crippen LogP contribution in [0.25, 0.3) is 0 Å². The molecule has 0 aromatic heterocycles. The van der Waals surface area contributed by atoms with Crippen LogP contribution in [0.5, 0.6) is 0 Å². The minimum Gasteiger partial charge on any atom is -0.445 e. The normalized spacial score (nSPS) is 11.9. The third kappa shape index (κ3) is 4.83. The molecule has 3 N–H and O–H groups in total. The molecule has 0 unspecified atom stereocenters. The summed E-state index contributed by atoms with van der Waals surface area (Å²) in [5, 5.41) is 2.91. The Morgan fingerprint density at radius 3 is 2.04 bits per heavy atom. The molecule has 0 spiro atoms. The highest BCUT2D eigenvalue weighted by Crippen LogP contribution is 2.24. The van der Waals surface area contributed by atoms with Gasteiger partial charge in [-0.2, -0.15) is 0 Å². The van der Waals surface area contributed by atoms with E-state index in [1.54, 1.807) is 0 Å². The molecule has 0 saturated heterocycles. The number of carbonyl (C=O) groups excluding carboxylic acids is 1. The van der Waals surface area contributed by atoms with Crippen molar-refractivity contribution in [1.29, 1.82) is 0 Å². The third-order valence-electron chi connectivity index (χ3n) is 3.98. The molecule has 1 amide bonds. The molecule has 0 saturated carbocycles. The second-order valence-corrected chi connectivity index (χ2v) is 7.11. The van der Waals surface area contributed by atoms with E-state index in [9.17, 15) is 4.79 Å². The Balaban J connectivity index is 1.98. The van der Waals surface area contributed by atoms with Gasteiger partial charge in [0.2, 0.25) is 0 Å². The zero-order valence-electron chi connectivity index (χ0n) is 14.8. The van der Waals surface area contributed by atoms with Gasteiger partial charge in [-0.3, -0.25) is 0 Å². The predicted molar refractivity (Wildman–Crippen MR) is 96.4 cm³/mol. The summed E-state index contributed by atoms with van der Waals surface area (Å²) in [6.45, 7) is 8.07. The molecule has 24 heavy (non-hydrogen) atoms. The van der Waals surface area contributed by atoms with Gasteiger partial charge in [0.15, 0.2) is 0 Å². The van der Waals surface area contributed by atoms with Crippen molar-refractivity contribution >= 4 is 6.09 Å². The maximum absolute atomic E-state index is 12.1. The van der Waals surface area contributed by atoms with Gasteiger partial charge < -0.3 is 15.8 Å². The second kappa shape index (κ2) is 7.05. The average Bonchev–Trinajstić information content (AvgIpc) is 2.53. The molecule has 0 aliphatic carbocycles. The summed E-state index contributed by atoms with van der Waals surface area (Å²) in [4.78, 5) is 12.1. The minimum atomic E-state index is -0.537. The second-order valence-electron chi connectivity index (χ2n) is 7.11. The molecule has 0 fully saturated rings. The SMILES string of the molecule is CC(C)(N)c1ccc(C(C)(C)NC(=O)OCc2ccccc2)cc1. The number of ether oxygens (including phenoxy) is 1. The Morgan fingerprint density at radius 2 is 1.50 bits per heavy atom. The van der Waals surface area contributed by atoms with Crippen molar-refractivity contribution in [3.8, 4) is 0 Å². The first kappa shape index (κ1) is 18.0. The average molecular weight is 326 g/mol. The summed E-state index contributed by atoms with van der Waals surface area (Å²) in [6, 6.07) is 17.6. The first-order chi connectivity index (χ1) is 11.2. The number of nitrogens with two attached hydrogens (primary N) is 1. The highest BCUT2D eigenvalue weighted by atomic mass is 16.5. The van der Waals surface area contributed by atoms with Crippen molar-refractivity contribution in [3.63, 3.8) is 0 Å². The van der Waals surface area contributed by atoms with Gasteiger partial charge in [-0.1, -0.05) is 54.6 Å². The van der Waals surface area contributed by atoms with Gasteiger partial charge in [0.1, 0.15) is 6.61 Å². The van der Waals surface area contributed by atoms with Crippen molar-refractivity contribution in [1.82, 2.24) is 5.32 Å². The number of rotatable bonds is 5. The van der Waals surface area contributed by atoms with E-state index in [4.69, 9.17) is 10.5 Å². The molecule has 2 rings (SSSR count). The van der Waals surface area contributed by atoms with Gasteiger partial charge >= 0.3 is 6.09 Å². The fourth-order valence-electron chi connectivity index (χ4n) is 2.40. The number of nitrogens with one attached hydrogen (secondary N) is 1. The lowest BCUT2D eigenvalue weighted by Crippen LogP contribution is -2.41. The number of alkyl carbamates (subject to hydrolysis) is 1. The summed E-state index contributed by atoms with van der Waals surface area (Å²) in [5.74, 6) is 0. The minimum absolute atomic E-state index is 0.253. The fourth-order valence-corrected chi connectivity index (χ4v) is 2.40. The number of hydrogen-bond donors (Lipinski definition) is 2. The summed E-state index contributed by atoms with van der Waals surface area (Å²) < 4.78 is 5.29. The van der Waals surface area contributed by atoms with E-state index >= 15 is 0 Å². The Morgan fingerprint density at radius 1 is 0.958 bits per heavy atom. The smallest absolute Gasteiger partial charge is 0.408 e. The Kier molecular flexibility index (Phi) is 5.30. The van der Waals surface area contributed by atoms with E-state index in [1.165, 1.54) is 0 Å². The van der Waals surface area contributed by atoms with Gasteiger partial charge in [0.25, 0.3) is 0 Å². The lowest BCUT2D eigenvalue weighted by molar-refractivity contribution is 0.129. The monoisotopic (exact) mass is 326 g/mol. The van der Waals surface area contributed by atoms with Crippen LogP contribution in [0, 0.1) is 0 Å². The van der Waals surface area contributed by atoms with E-state index in [-0.39, 0.29) is 12.1 Å². The van der Waals surface area contributed by atoms with Crippen molar-refractivity contribution in [2.45, 2.75) is 45.4 Å². The summed E-state index contributed by atoms with van der Waals surface area (Å²) in [7, 11) is 0. The molecule has 4 nitrogen and oxygen atoms in total. The van der Waals surface area contributed by atoms with Crippen LogP contribution < -0.4 is 11.1 Å². The molecular weight excluding hydrogens is 300 g/mol. The van der Waals surface area contributed by atoms with E-state index in [0.29, 0.717) is 0 Å². The molecule has 0 aliphatic heterocycles. The van der Waals surface area contributed by atoms with Crippen molar-refractivity contribution < 1.29 is 9.53 Å². The molecule has 0 atom stereocenters. The van der Waals surface area contributed by atoms with Crippen LogP contribution in [0.15, 0.2) is 54.6 Å². The van der Waals surface area contributed by atoms with Crippen LogP contribution in [-0.4, -0.2) is 6.09 Å². The summed E-state index contributed by atoms with van der Waals surface area (Å²) >= 11 is 0. The largest absolute Gasteiger partial charge is 0.445 e. The van der Waals surface area contributed by atoms with Crippen LogP contribution in [0.3, 0.4) is 0 Å². The first-order valence-corrected chi connectivity index (χ1v) is 8.07. The predicted octanol–water partition coefficient (Wildman–Crippen LogP) is 4.04. The molecule has 4 heteroatoms. The number of carbonyl (C=O) groups is 1. The highest BCUT2D eigenvalue weighted by molar-refractivity contribution is 5.68. The van der Waals surface area contributed by atoms with Crippen LogP contribution in [-0.2, 0) is 22.4 Å². The van der Waals surface area contributed by atoms with Crippen LogP contribution >= 0.6 is 0 Å². The fraction of sp³-hybridized carbons (Fsp3) is 0.350. The molecule has 0 aliphatic rings. The zero-order valence-corrected chi connectivity index (χ0v) is 14.8. The van der Waals surface area contributed by atoms with Gasteiger partial charge in [0, 0.05) is 5.54 Å². The standard InChI is InChI=1S/C20H26N2O2/c1-19(2,21)16-10-12-17(13-11-16)20(3,4)22-18(23)24-14-15-8-6-5-7-9-15/h5-13H,14,21H2,1-4H3,(H,22,23). The van der Waals surface area contributed by atoms with Gasteiger partial charge in [-0.05, 0) is 44.4 Å². The maximum Gasteiger partial charge on any atom is 0.408 e. The Bertz CT molecular complexity index is 671. The van der Waals surface area contributed by atoms with Crippen LogP contribution in [0.2, 0.25) is 0 Å². The molecule has 0 heterocycles. The van der Waals surface area contributed by atoms with E-state index in [0.717, 1.165) is 16.7 Å². The molecular formula is C20H26N2O2. The molecule has 0 bridgehead atoms. The highest BCUT2D eigenvalue weighted by Gasteiger charge is 2.24. The Labute approximate surface area is 144 Å². The van der Waals surface area contributed by atoms with Crippen molar-refractivity contribution in [2.24, 2.45) is 5.73 Å². The van der Waals surface area contributed by atoms with Crippen LogP contribution in [0.4, 0.5) is 4.79 Å². The van der Waals surface area contributed by atoms with Gasteiger partial charge in [0.05, 0.1) is 5.54 Å². The lowest BCUT2D eigenvalue weighted by Gasteiger charge is -2.27. The lowest BCUT2D eigenvalue weighted by atomic mass is 9.89. The molecule has 2 aromatic carbocycles. The van der Waals surface area contributed by atoms with E-state index < -0.39 is 11.6 Å². The van der Waals surface area contributed by atoms with E-state index in [1.807, 2.05) is 82.3 Å². The zero-order chi connectivity index (χ0) is 17.8. The molecule has 128 valence electrons. The number of benzene rings is 2. The quantitative estimate of drug-likeness (QED) is 0.871. The van der Waals surface area contributed by atoms with Crippen molar-refractivity contribution in [2.75, 3.05) is 0 Å². The summed E-state index contributed by atoms with van der Waals surface area (Å²) in [6.07, 6.45) is -0.438. The van der Waals surface area contributed by atoms with Crippen molar-refractivity contribution in [3.05, 3.63) is 71.3 Å². The first-order valence-electron chi connectivity index (χ1n) is 8.07. The van der Waals surface area contributed by atoms with Gasteiger partial charge in [-0.15, -0.1) is 0 Å². The molecule has 2 aromatic rings. The topological polar surface area (TPSA) is 64.3 Å².